The van der Waals surface area contributed by atoms with E-state index in [0.29, 0.717) is 5.95 Å². The first kappa shape index (κ1) is 16.5. The van der Waals surface area contributed by atoms with Crippen molar-refractivity contribution in [2.24, 2.45) is 0 Å². The molecule has 3 rings (SSSR count). The Morgan fingerprint density at radius 3 is 2.67 bits per heavy atom. The number of nitrogens with zero attached hydrogens (tertiary/aromatic N) is 3. The Morgan fingerprint density at radius 1 is 1.08 bits per heavy atom. The molecule has 0 aliphatic carbocycles. The van der Waals surface area contributed by atoms with E-state index in [9.17, 15) is 0 Å². The van der Waals surface area contributed by atoms with Gasteiger partial charge in [0.2, 0.25) is 5.95 Å². The zero-order valence-corrected chi connectivity index (χ0v) is 15.3. The largest absolute Gasteiger partial charge is 0.339 e. The minimum absolute atomic E-state index is 0.681. The Kier molecular flexibility index (Phi) is 5.11. The summed E-state index contributed by atoms with van der Waals surface area (Å²) < 4.78 is 0.996. The first-order valence-electron chi connectivity index (χ1n) is 7.86. The van der Waals surface area contributed by atoms with Crippen LogP contribution in [0, 0.1) is 6.92 Å². The quantitative estimate of drug-likeness (QED) is 0.636. The highest BCUT2D eigenvalue weighted by Gasteiger charge is 2.11. The molecular formula is C19H19BrN4. The van der Waals surface area contributed by atoms with Crippen molar-refractivity contribution in [3.8, 4) is 0 Å². The number of nitrogens with one attached hydrogen (secondary N) is 1. The number of rotatable bonds is 5. The Labute approximate surface area is 150 Å². The van der Waals surface area contributed by atoms with Crippen LogP contribution in [0.5, 0.6) is 0 Å². The lowest BCUT2D eigenvalue weighted by atomic mass is 10.2. The number of aromatic nitrogens is 2. The molecule has 4 nitrogen and oxygen atoms in total. The van der Waals surface area contributed by atoms with Crippen molar-refractivity contribution in [1.29, 1.82) is 0 Å². The summed E-state index contributed by atoms with van der Waals surface area (Å²) in [4.78, 5) is 11.2. The van der Waals surface area contributed by atoms with Gasteiger partial charge in [-0.15, -0.1) is 0 Å². The van der Waals surface area contributed by atoms with Crippen LogP contribution >= 0.6 is 15.9 Å². The second kappa shape index (κ2) is 7.45. The maximum absolute atomic E-state index is 4.67. The molecule has 5 heteroatoms. The lowest BCUT2D eigenvalue weighted by Crippen LogP contribution is -2.19. The van der Waals surface area contributed by atoms with Crippen LogP contribution in [0.4, 0.5) is 23.1 Å². The molecule has 0 aliphatic heterocycles. The van der Waals surface area contributed by atoms with E-state index in [0.717, 1.165) is 28.2 Å². The third-order valence-corrected chi connectivity index (χ3v) is 4.34. The maximum Gasteiger partial charge on any atom is 0.231 e. The fraction of sp³-hybridized carbons (Fsp3) is 0.158. The van der Waals surface area contributed by atoms with Crippen LogP contribution < -0.4 is 10.2 Å². The van der Waals surface area contributed by atoms with Gasteiger partial charge >= 0.3 is 0 Å². The van der Waals surface area contributed by atoms with Crippen molar-refractivity contribution in [1.82, 2.24) is 9.97 Å². The van der Waals surface area contributed by atoms with E-state index in [1.807, 2.05) is 30.3 Å². The molecule has 1 N–H and O–H groups in total. The molecule has 24 heavy (non-hydrogen) atoms. The lowest BCUT2D eigenvalue weighted by Gasteiger charge is -2.21. The summed E-state index contributed by atoms with van der Waals surface area (Å²) in [5.41, 5.74) is 3.28. The monoisotopic (exact) mass is 382 g/mol. The molecule has 0 saturated carbocycles. The van der Waals surface area contributed by atoms with Crippen LogP contribution in [0.3, 0.4) is 0 Å². The van der Waals surface area contributed by atoms with E-state index in [-0.39, 0.29) is 0 Å². The molecule has 0 unspecified atom stereocenters. The molecule has 0 amide bonds. The van der Waals surface area contributed by atoms with E-state index in [1.165, 1.54) is 5.56 Å². The van der Waals surface area contributed by atoms with E-state index >= 15 is 0 Å². The van der Waals surface area contributed by atoms with Gasteiger partial charge in [-0.25, -0.2) is 4.98 Å². The van der Waals surface area contributed by atoms with E-state index in [2.05, 4.69) is 74.2 Å². The van der Waals surface area contributed by atoms with Crippen LogP contribution in [0.25, 0.3) is 0 Å². The van der Waals surface area contributed by atoms with Crippen molar-refractivity contribution in [2.75, 3.05) is 16.8 Å². The van der Waals surface area contributed by atoms with Gasteiger partial charge in [0.1, 0.15) is 5.82 Å². The summed E-state index contributed by atoms with van der Waals surface area (Å²) >= 11 is 3.54. The van der Waals surface area contributed by atoms with E-state index < -0.39 is 0 Å². The standard InChI is InChI=1S/C19H19BrN4/c1-3-24(15-8-6-7-14(2)13-15)19-21-12-11-18(23-19)22-17-10-5-4-9-16(17)20/h4-13H,3H2,1-2H3,(H,21,22,23). The zero-order chi connectivity index (χ0) is 16.9. The summed E-state index contributed by atoms with van der Waals surface area (Å²) in [5.74, 6) is 1.44. The molecule has 2 aromatic carbocycles. The third-order valence-electron chi connectivity index (χ3n) is 3.65. The van der Waals surface area contributed by atoms with Gasteiger partial charge in [0.25, 0.3) is 0 Å². The van der Waals surface area contributed by atoms with Gasteiger partial charge in [0.05, 0.1) is 5.69 Å². The molecule has 122 valence electrons. The van der Waals surface area contributed by atoms with Crippen molar-refractivity contribution >= 4 is 39.1 Å². The number of hydrogen-bond donors (Lipinski definition) is 1. The predicted octanol–water partition coefficient (Wildman–Crippen LogP) is 5.45. The van der Waals surface area contributed by atoms with Gasteiger partial charge in [0.15, 0.2) is 0 Å². The molecule has 0 radical (unpaired) electrons. The average Bonchev–Trinajstić information content (AvgIpc) is 2.58. The van der Waals surface area contributed by atoms with Crippen molar-refractivity contribution in [2.45, 2.75) is 13.8 Å². The number of aryl methyl sites for hydroxylation is 1. The molecular weight excluding hydrogens is 364 g/mol. The maximum atomic E-state index is 4.67. The summed E-state index contributed by atoms with van der Waals surface area (Å²) in [5, 5.41) is 3.33. The second-order valence-corrected chi connectivity index (χ2v) is 6.28. The molecule has 0 fully saturated rings. The molecule has 0 spiro atoms. The van der Waals surface area contributed by atoms with Gasteiger partial charge in [0, 0.05) is 22.9 Å². The van der Waals surface area contributed by atoms with Crippen LogP contribution in [-0.2, 0) is 0 Å². The van der Waals surface area contributed by atoms with Crippen LogP contribution in [0.1, 0.15) is 12.5 Å². The van der Waals surface area contributed by atoms with Crippen LogP contribution in [0.15, 0.2) is 65.3 Å². The molecule has 0 atom stereocenters. The number of halogens is 1. The highest BCUT2D eigenvalue weighted by atomic mass is 79.9. The molecule has 3 aromatic rings. The SMILES string of the molecule is CCN(c1cccc(C)c1)c1nccc(Nc2ccccc2Br)n1. The van der Waals surface area contributed by atoms with Crippen LogP contribution in [0.2, 0.25) is 0 Å². The Hall–Kier alpha value is -2.40. The molecule has 0 bridgehead atoms. The third kappa shape index (κ3) is 3.74. The van der Waals surface area contributed by atoms with E-state index in [1.54, 1.807) is 6.20 Å². The minimum Gasteiger partial charge on any atom is -0.339 e. The van der Waals surface area contributed by atoms with Gasteiger partial charge in [-0.2, -0.15) is 4.98 Å². The average molecular weight is 383 g/mol. The zero-order valence-electron chi connectivity index (χ0n) is 13.7. The Bertz CT molecular complexity index is 835. The van der Waals surface area contributed by atoms with Gasteiger partial charge in [-0.3, -0.25) is 0 Å². The van der Waals surface area contributed by atoms with Gasteiger partial charge < -0.3 is 10.2 Å². The number of para-hydroxylation sites is 1. The summed E-state index contributed by atoms with van der Waals surface area (Å²) in [6, 6.07) is 18.2. The number of anilines is 4. The van der Waals surface area contributed by atoms with E-state index in [4.69, 9.17) is 0 Å². The highest BCUT2D eigenvalue weighted by molar-refractivity contribution is 9.10. The van der Waals surface area contributed by atoms with Gasteiger partial charge in [-0.1, -0.05) is 24.3 Å². The topological polar surface area (TPSA) is 41.1 Å². The summed E-state index contributed by atoms with van der Waals surface area (Å²) in [6.07, 6.45) is 1.78. The molecule has 1 aromatic heterocycles. The molecule has 0 aliphatic rings. The Morgan fingerprint density at radius 2 is 1.92 bits per heavy atom. The fourth-order valence-electron chi connectivity index (χ4n) is 2.48. The smallest absolute Gasteiger partial charge is 0.231 e. The van der Waals surface area contributed by atoms with Crippen molar-refractivity contribution in [3.63, 3.8) is 0 Å². The summed E-state index contributed by atoms with van der Waals surface area (Å²) in [6.45, 7) is 4.98. The van der Waals surface area contributed by atoms with Gasteiger partial charge in [-0.05, 0) is 65.7 Å². The minimum atomic E-state index is 0.681. The second-order valence-electron chi connectivity index (χ2n) is 5.43. The van der Waals surface area contributed by atoms with Crippen molar-refractivity contribution in [3.05, 3.63) is 70.8 Å². The molecule has 0 saturated heterocycles. The molecule has 1 heterocycles. The number of benzene rings is 2. The highest BCUT2D eigenvalue weighted by Crippen LogP contribution is 2.27. The first-order chi connectivity index (χ1) is 11.7. The van der Waals surface area contributed by atoms with Crippen LogP contribution in [-0.4, -0.2) is 16.5 Å². The number of hydrogen-bond acceptors (Lipinski definition) is 4. The lowest BCUT2D eigenvalue weighted by molar-refractivity contribution is 0.947. The normalized spacial score (nSPS) is 10.5. The predicted molar refractivity (Wildman–Crippen MR) is 103 cm³/mol. The van der Waals surface area contributed by atoms with Crippen molar-refractivity contribution < 1.29 is 0 Å². The fourth-order valence-corrected chi connectivity index (χ4v) is 2.87. The Balaban J connectivity index is 1.90. The summed E-state index contributed by atoms with van der Waals surface area (Å²) in [7, 11) is 0. The first-order valence-corrected chi connectivity index (χ1v) is 8.65.